The number of unbranched alkanes of at least 4 members (excludes halogenated alkanes) is 5. The second kappa shape index (κ2) is 56.4. The molecule has 0 saturated heterocycles. The third-order valence-electron chi connectivity index (χ3n) is 2.75. The van der Waals surface area contributed by atoms with Gasteiger partial charge in [-0.15, -0.1) is 0 Å². The summed E-state index contributed by atoms with van der Waals surface area (Å²) < 4.78 is 5.63. The fraction of sp³-hybridized carbons (Fsp3) is 0.450. The summed E-state index contributed by atoms with van der Waals surface area (Å²) in [7, 11) is 0. The second-order valence-electron chi connectivity index (χ2n) is 4.31. The fourth-order valence-electron chi connectivity index (χ4n) is 1.75. The van der Waals surface area contributed by atoms with Crippen molar-refractivity contribution in [3.05, 3.63) is 35.9 Å². The van der Waals surface area contributed by atoms with Crippen molar-refractivity contribution < 1.29 is 49.8 Å². The molecule has 7 heteroatoms. The van der Waals surface area contributed by atoms with Gasteiger partial charge in [-0.3, -0.25) is 0 Å². The fourth-order valence-corrected chi connectivity index (χ4v) is 1.75. The van der Waals surface area contributed by atoms with E-state index in [0.29, 0.717) is 0 Å². The van der Waals surface area contributed by atoms with Crippen LogP contribution in [0.5, 0.6) is 0 Å². The van der Waals surface area contributed by atoms with Crippen molar-refractivity contribution in [2.75, 3.05) is 6.61 Å². The first-order valence-electron chi connectivity index (χ1n) is 7.99. The van der Waals surface area contributed by atoms with Crippen LogP contribution in [0.4, 0.5) is 0 Å². The van der Waals surface area contributed by atoms with E-state index in [1.807, 2.05) is 40.0 Å². The van der Waals surface area contributed by atoms with Crippen molar-refractivity contribution in [2.45, 2.75) is 52.1 Å². The van der Waals surface area contributed by atoms with Gasteiger partial charge in [0.05, 0.1) is 6.61 Å². The molecule has 0 aromatic heterocycles. The molecular weight excluding hydrogens is 520 g/mol. The van der Waals surface area contributed by atoms with E-state index in [4.69, 9.17) is 28.7 Å². The minimum absolute atomic E-state index is 0. The SMILES string of the molecule is C=O.C=O.C=O.C=O.C=O.CCCCCCCCOCc1ccccc1.[W]. The Morgan fingerprint density at radius 3 is 1.52 bits per heavy atom. The largest absolute Gasteiger partial charge is 0.377 e. The molecule has 27 heavy (non-hydrogen) atoms. The van der Waals surface area contributed by atoms with Crippen LogP contribution in [-0.2, 0) is 56.4 Å². The van der Waals surface area contributed by atoms with Gasteiger partial charge in [-0.25, -0.2) is 0 Å². The molecule has 1 aromatic rings. The van der Waals surface area contributed by atoms with Crippen LogP contribution in [0.2, 0.25) is 0 Å². The summed E-state index contributed by atoms with van der Waals surface area (Å²) in [5.41, 5.74) is 1.27. The van der Waals surface area contributed by atoms with Crippen LogP contribution < -0.4 is 0 Å². The van der Waals surface area contributed by atoms with Crippen molar-refractivity contribution in [1.82, 2.24) is 0 Å². The third-order valence-corrected chi connectivity index (χ3v) is 2.75. The molecule has 0 heterocycles. The molecule has 1 aromatic carbocycles. The van der Waals surface area contributed by atoms with Gasteiger partial charge in [0.2, 0.25) is 0 Å². The van der Waals surface area contributed by atoms with Crippen molar-refractivity contribution in [3.63, 3.8) is 0 Å². The smallest absolute Gasteiger partial charge is 0.106 e. The summed E-state index contributed by atoms with van der Waals surface area (Å²) >= 11 is 0. The molecule has 0 fully saturated rings. The Labute approximate surface area is 178 Å². The van der Waals surface area contributed by atoms with Crippen LogP contribution in [0.3, 0.4) is 0 Å². The molecule has 0 atom stereocenters. The van der Waals surface area contributed by atoms with Crippen molar-refractivity contribution in [2.24, 2.45) is 0 Å². The topological polar surface area (TPSA) is 94.6 Å². The molecule has 156 valence electrons. The Balaban J connectivity index is -0.0000000869. The Bertz CT molecular complexity index is 316. The van der Waals surface area contributed by atoms with Gasteiger partial charge < -0.3 is 28.7 Å². The first-order chi connectivity index (χ1) is 12.9. The Hall–Kier alpha value is -1.78. The standard InChI is InChI=1S/C15H24O.5CH2O.W/c1-2-3-4-5-6-10-13-16-14-15-11-8-7-9-12-15;5*1-2;/h7-9,11-12H,2-6,10,13-14H2,1H3;5*1H2;. The van der Waals surface area contributed by atoms with Crippen LogP contribution >= 0.6 is 0 Å². The van der Waals surface area contributed by atoms with Crippen LogP contribution in [0.25, 0.3) is 0 Å². The van der Waals surface area contributed by atoms with E-state index in [-0.39, 0.29) is 21.1 Å². The molecule has 0 aliphatic heterocycles. The van der Waals surface area contributed by atoms with Crippen molar-refractivity contribution in [3.8, 4) is 0 Å². The molecule has 0 N–H and O–H groups in total. The number of benzene rings is 1. The van der Waals surface area contributed by atoms with Gasteiger partial charge >= 0.3 is 0 Å². The summed E-state index contributed by atoms with van der Waals surface area (Å²) in [6, 6.07) is 10.4. The normalized spacial score (nSPS) is 7.00. The summed E-state index contributed by atoms with van der Waals surface area (Å²) in [6.07, 6.45) is 7.97. The van der Waals surface area contributed by atoms with Crippen LogP contribution in [0.1, 0.15) is 51.0 Å². The predicted molar refractivity (Wildman–Crippen MR) is 105 cm³/mol. The van der Waals surface area contributed by atoms with E-state index in [0.717, 1.165) is 13.2 Å². The number of carbonyl (C=O) groups excluding carboxylic acids is 5. The van der Waals surface area contributed by atoms with E-state index in [1.165, 1.54) is 44.1 Å². The van der Waals surface area contributed by atoms with Gasteiger partial charge in [-0.2, -0.15) is 0 Å². The van der Waals surface area contributed by atoms with E-state index < -0.39 is 0 Å². The quantitative estimate of drug-likeness (QED) is 0.433. The average molecular weight is 554 g/mol. The molecule has 1 rings (SSSR count). The molecule has 0 aliphatic carbocycles. The van der Waals surface area contributed by atoms with E-state index in [1.54, 1.807) is 0 Å². The van der Waals surface area contributed by atoms with Crippen LogP contribution in [0.15, 0.2) is 30.3 Å². The maximum absolute atomic E-state index is 8.00. The summed E-state index contributed by atoms with van der Waals surface area (Å²) in [5, 5.41) is 0. The van der Waals surface area contributed by atoms with E-state index in [2.05, 4.69) is 31.2 Å². The predicted octanol–water partition coefficient (Wildman–Crippen LogP) is 3.64. The molecule has 0 amide bonds. The number of hydrogen-bond acceptors (Lipinski definition) is 6. The van der Waals surface area contributed by atoms with Gasteiger partial charge in [0.1, 0.15) is 33.9 Å². The van der Waals surface area contributed by atoms with Crippen LogP contribution in [-0.4, -0.2) is 40.6 Å². The molecule has 0 bridgehead atoms. The zero-order chi connectivity index (χ0) is 21.5. The van der Waals surface area contributed by atoms with Gasteiger partial charge in [-0.1, -0.05) is 69.4 Å². The molecule has 0 unspecified atom stereocenters. The first-order valence-corrected chi connectivity index (χ1v) is 7.99. The monoisotopic (exact) mass is 554 g/mol. The Morgan fingerprint density at radius 2 is 1.07 bits per heavy atom. The van der Waals surface area contributed by atoms with Gasteiger partial charge in [0.15, 0.2) is 0 Å². The van der Waals surface area contributed by atoms with Crippen molar-refractivity contribution in [1.29, 1.82) is 0 Å². The minimum Gasteiger partial charge on any atom is -0.377 e. The number of hydrogen-bond donors (Lipinski definition) is 0. The summed E-state index contributed by atoms with van der Waals surface area (Å²) in [5.74, 6) is 0. The zero-order valence-corrected chi connectivity index (χ0v) is 19.4. The first kappa shape index (κ1) is 40.0. The average Bonchev–Trinajstić information content (AvgIpc) is 2.78. The maximum atomic E-state index is 8.00. The summed E-state index contributed by atoms with van der Waals surface area (Å²) in [4.78, 5) is 40.0. The van der Waals surface area contributed by atoms with Crippen LogP contribution in [0, 0.1) is 0 Å². The van der Waals surface area contributed by atoms with E-state index >= 15 is 0 Å². The molecule has 6 nitrogen and oxygen atoms in total. The van der Waals surface area contributed by atoms with E-state index in [9.17, 15) is 0 Å². The molecule has 0 radical (unpaired) electrons. The minimum atomic E-state index is 0. The third kappa shape index (κ3) is 45.5. The number of rotatable bonds is 9. The van der Waals surface area contributed by atoms with Gasteiger partial charge in [0.25, 0.3) is 0 Å². The molecule has 0 aliphatic rings. The van der Waals surface area contributed by atoms with Gasteiger partial charge in [-0.05, 0) is 12.0 Å². The van der Waals surface area contributed by atoms with Gasteiger partial charge in [0, 0.05) is 27.7 Å². The molecular formula is C20H34O6W. The maximum Gasteiger partial charge on any atom is 0.106 e. The molecule has 0 spiro atoms. The Morgan fingerprint density at radius 1 is 0.667 bits per heavy atom. The Kier molecular flexibility index (Phi) is 83.6. The molecule has 0 saturated carbocycles. The second-order valence-corrected chi connectivity index (χ2v) is 4.31. The van der Waals surface area contributed by atoms with Crippen molar-refractivity contribution >= 4 is 33.9 Å². The number of carbonyl (C=O) groups is 5. The number of ether oxygens (including phenoxy) is 1. The summed E-state index contributed by atoms with van der Waals surface area (Å²) in [6.45, 7) is 13.9. The zero-order valence-electron chi connectivity index (χ0n) is 16.4.